The Bertz CT molecular complexity index is 447. The predicted molar refractivity (Wildman–Crippen MR) is 70.8 cm³/mol. The zero-order chi connectivity index (χ0) is 13.2. The maximum absolute atomic E-state index is 11.5. The molecule has 0 spiro atoms. The zero-order valence-corrected chi connectivity index (χ0v) is 11.0. The first-order chi connectivity index (χ1) is 8.57. The molecule has 0 radical (unpaired) electrons. The quantitative estimate of drug-likeness (QED) is 0.889. The third-order valence-electron chi connectivity index (χ3n) is 3.78. The second kappa shape index (κ2) is 4.96. The minimum Gasteiger partial charge on any atom is -0.481 e. The summed E-state index contributed by atoms with van der Waals surface area (Å²) in [5.74, 6) is -0.655. The Morgan fingerprint density at radius 2 is 2.39 bits per heavy atom. The number of aromatic nitrogens is 1. The SMILES string of the molecule is CCCC1(C(=O)O)CCN(c2ccnc(C)c2)C1. The van der Waals surface area contributed by atoms with E-state index < -0.39 is 11.4 Å². The van der Waals surface area contributed by atoms with Crippen molar-refractivity contribution in [2.75, 3.05) is 18.0 Å². The highest BCUT2D eigenvalue weighted by Gasteiger charge is 2.44. The van der Waals surface area contributed by atoms with Crippen molar-refractivity contribution >= 4 is 11.7 Å². The van der Waals surface area contributed by atoms with Gasteiger partial charge in [-0.1, -0.05) is 13.3 Å². The fraction of sp³-hybridized carbons (Fsp3) is 0.571. The molecule has 1 aromatic rings. The van der Waals surface area contributed by atoms with Crippen LogP contribution in [-0.2, 0) is 4.79 Å². The van der Waals surface area contributed by atoms with Gasteiger partial charge in [-0.15, -0.1) is 0 Å². The van der Waals surface area contributed by atoms with Gasteiger partial charge in [-0.05, 0) is 31.9 Å². The first kappa shape index (κ1) is 12.9. The summed E-state index contributed by atoms with van der Waals surface area (Å²) >= 11 is 0. The van der Waals surface area contributed by atoms with Crippen LogP contribution in [0, 0.1) is 12.3 Å². The van der Waals surface area contributed by atoms with Gasteiger partial charge in [-0.2, -0.15) is 0 Å². The summed E-state index contributed by atoms with van der Waals surface area (Å²) in [4.78, 5) is 17.9. The van der Waals surface area contributed by atoms with Gasteiger partial charge in [0.25, 0.3) is 0 Å². The molecule has 1 aliphatic rings. The van der Waals surface area contributed by atoms with E-state index in [1.165, 1.54) is 0 Å². The molecule has 0 saturated carbocycles. The molecule has 0 aromatic carbocycles. The Kier molecular flexibility index (Phi) is 3.55. The summed E-state index contributed by atoms with van der Waals surface area (Å²) in [6.45, 7) is 5.43. The van der Waals surface area contributed by atoms with E-state index in [4.69, 9.17) is 0 Å². The highest BCUT2D eigenvalue weighted by atomic mass is 16.4. The molecule has 1 unspecified atom stereocenters. The van der Waals surface area contributed by atoms with Crippen LogP contribution < -0.4 is 4.90 Å². The lowest BCUT2D eigenvalue weighted by Crippen LogP contribution is -2.34. The Morgan fingerprint density at radius 1 is 1.61 bits per heavy atom. The number of carbonyl (C=O) groups is 1. The summed E-state index contributed by atoms with van der Waals surface area (Å²) in [6.07, 6.45) is 4.18. The standard InChI is InChI=1S/C14H20N2O2/c1-3-5-14(13(17)18)6-8-16(10-14)12-4-7-15-11(2)9-12/h4,7,9H,3,5-6,8,10H2,1-2H3,(H,17,18). The van der Waals surface area contributed by atoms with Gasteiger partial charge in [0.2, 0.25) is 0 Å². The lowest BCUT2D eigenvalue weighted by Gasteiger charge is -2.25. The van der Waals surface area contributed by atoms with E-state index in [1.807, 2.05) is 26.0 Å². The highest BCUT2D eigenvalue weighted by Crippen LogP contribution is 2.37. The number of nitrogens with zero attached hydrogens (tertiary/aromatic N) is 2. The van der Waals surface area contributed by atoms with E-state index in [-0.39, 0.29) is 0 Å². The van der Waals surface area contributed by atoms with Crippen molar-refractivity contribution in [3.05, 3.63) is 24.0 Å². The number of rotatable bonds is 4. The number of aliphatic carboxylic acids is 1. The summed E-state index contributed by atoms with van der Waals surface area (Å²) in [5, 5.41) is 9.48. The first-order valence-electron chi connectivity index (χ1n) is 6.48. The molecule has 1 aliphatic heterocycles. The molecule has 0 aliphatic carbocycles. The molecule has 1 N–H and O–H groups in total. The van der Waals surface area contributed by atoms with Crippen molar-refractivity contribution in [3.63, 3.8) is 0 Å². The predicted octanol–water partition coefficient (Wildman–Crippen LogP) is 2.47. The highest BCUT2D eigenvalue weighted by molar-refractivity contribution is 5.76. The third-order valence-corrected chi connectivity index (χ3v) is 3.78. The zero-order valence-electron chi connectivity index (χ0n) is 11.0. The van der Waals surface area contributed by atoms with E-state index in [9.17, 15) is 9.90 Å². The molecule has 1 fully saturated rings. The minimum absolute atomic E-state index is 0.564. The van der Waals surface area contributed by atoms with Gasteiger partial charge in [0, 0.05) is 30.7 Å². The van der Waals surface area contributed by atoms with Crippen molar-refractivity contribution in [2.45, 2.75) is 33.1 Å². The van der Waals surface area contributed by atoms with Gasteiger partial charge >= 0.3 is 5.97 Å². The Balaban J connectivity index is 2.18. The van der Waals surface area contributed by atoms with Crippen molar-refractivity contribution in [1.82, 2.24) is 4.98 Å². The molecule has 4 nitrogen and oxygen atoms in total. The molecule has 2 rings (SSSR count). The molecular formula is C14H20N2O2. The fourth-order valence-electron chi connectivity index (χ4n) is 2.78. The van der Waals surface area contributed by atoms with Gasteiger partial charge in [0.05, 0.1) is 5.41 Å². The maximum atomic E-state index is 11.5. The monoisotopic (exact) mass is 248 g/mol. The lowest BCUT2D eigenvalue weighted by atomic mass is 9.83. The van der Waals surface area contributed by atoms with Gasteiger partial charge in [0.15, 0.2) is 0 Å². The Morgan fingerprint density at radius 3 is 3.00 bits per heavy atom. The topological polar surface area (TPSA) is 53.4 Å². The Hall–Kier alpha value is -1.58. The van der Waals surface area contributed by atoms with Crippen molar-refractivity contribution in [3.8, 4) is 0 Å². The molecule has 0 bridgehead atoms. The smallest absolute Gasteiger partial charge is 0.311 e. The van der Waals surface area contributed by atoms with Crippen LogP contribution in [0.25, 0.3) is 0 Å². The average Bonchev–Trinajstić information content (AvgIpc) is 2.75. The van der Waals surface area contributed by atoms with Crippen LogP contribution in [0.1, 0.15) is 31.9 Å². The van der Waals surface area contributed by atoms with Gasteiger partial charge in [-0.3, -0.25) is 9.78 Å². The molecule has 0 amide bonds. The molecule has 1 atom stereocenters. The lowest BCUT2D eigenvalue weighted by molar-refractivity contribution is -0.148. The molecular weight excluding hydrogens is 228 g/mol. The van der Waals surface area contributed by atoms with E-state index >= 15 is 0 Å². The normalized spacial score (nSPS) is 23.3. The molecule has 18 heavy (non-hydrogen) atoms. The summed E-state index contributed by atoms with van der Waals surface area (Å²) in [6, 6.07) is 3.97. The van der Waals surface area contributed by atoms with Crippen LogP contribution in [0.15, 0.2) is 18.3 Å². The number of carboxylic acid groups (broad SMARTS) is 1. The number of carboxylic acids is 1. The largest absolute Gasteiger partial charge is 0.481 e. The molecule has 2 heterocycles. The average molecular weight is 248 g/mol. The van der Waals surface area contributed by atoms with Crippen LogP contribution in [0.5, 0.6) is 0 Å². The van der Waals surface area contributed by atoms with Crippen LogP contribution in [0.2, 0.25) is 0 Å². The second-order valence-corrected chi connectivity index (χ2v) is 5.16. The van der Waals surface area contributed by atoms with E-state index in [2.05, 4.69) is 9.88 Å². The minimum atomic E-state index is -0.655. The third kappa shape index (κ3) is 2.33. The van der Waals surface area contributed by atoms with Crippen molar-refractivity contribution in [1.29, 1.82) is 0 Å². The van der Waals surface area contributed by atoms with Crippen LogP contribution in [0.3, 0.4) is 0 Å². The van der Waals surface area contributed by atoms with E-state index in [0.717, 1.165) is 37.2 Å². The van der Waals surface area contributed by atoms with Crippen molar-refractivity contribution < 1.29 is 9.90 Å². The molecule has 1 aromatic heterocycles. The maximum Gasteiger partial charge on any atom is 0.311 e. The summed E-state index contributed by atoms with van der Waals surface area (Å²) < 4.78 is 0. The van der Waals surface area contributed by atoms with Gasteiger partial charge in [-0.25, -0.2) is 0 Å². The van der Waals surface area contributed by atoms with Crippen molar-refractivity contribution in [2.24, 2.45) is 5.41 Å². The van der Waals surface area contributed by atoms with E-state index in [1.54, 1.807) is 6.20 Å². The number of hydrogen-bond acceptors (Lipinski definition) is 3. The number of hydrogen-bond donors (Lipinski definition) is 1. The number of anilines is 1. The number of pyridine rings is 1. The van der Waals surface area contributed by atoms with E-state index in [0.29, 0.717) is 6.54 Å². The summed E-state index contributed by atoms with van der Waals surface area (Å²) in [5.41, 5.74) is 1.49. The van der Waals surface area contributed by atoms with Crippen LogP contribution >= 0.6 is 0 Å². The number of aryl methyl sites for hydroxylation is 1. The van der Waals surface area contributed by atoms with Crippen LogP contribution in [-0.4, -0.2) is 29.1 Å². The van der Waals surface area contributed by atoms with Gasteiger partial charge in [0.1, 0.15) is 0 Å². The first-order valence-corrected chi connectivity index (χ1v) is 6.48. The summed E-state index contributed by atoms with van der Waals surface area (Å²) in [7, 11) is 0. The molecule has 4 heteroatoms. The van der Waals surface area contributed by atoms with Crippen LogP contribution in [0.4, 0.5) is 5.69 Å². The molecule has 98 valence electrons. The Labute approximate surface area is 108 Å². The second-order valence-electron chi connectivity index (χ2n) is 5.16. The van der Waals surface area contributed by atoms with Gasteiger partial charge < -0.3 is 10.0 Å². The molecule has 1 saturated heterocycles. The fourth-order valence-corrected chi connectivity index (χ4v) is 2.78.